The molecule has 42 heavy (non-hydrogen) atoms. The lowest BCUT2D eigenvalue weighted by Gasteiger charge is -2.36. The third kappa shape index (κ3) is 16.1. The van der Waals surface area contributed by atoms with E-state index in [4.69, 9.17) is 26.2 Å². The molecule has 8 N–H and O–H groups in total. The average molecular weight is 600 g/mol. The topological polar surface area (TPSA) is 263 Å². The van der Waals surface area contributed by atoms with Gasteiger partial charge in [0.1, 0.15) is 0 Å². The van der Waals surface area contributed by atoms with Crippen molar-refractivity contribution >= 4 is 41.5 Å². The van der Waals surface area contributed by atoms with E-state index in [1.54, 1.807) is 24.3 Å². The number of benzene rings is 1. The molecule has 0 radical (unpaired) electrons. The number of nitrogens with two attached hydrogens (primary N) is 1. The van der Waals surface area contributed by atoms with Crippen LogP contribution < -0.4 is 5.73 Å². The minimum absolute atomic E-state index is 0.0597. The number of nitrogens with zero attached hydrogens (tertiary/aromatic N) is 4. The molecular weight excluding hydrogens is 562 g/mol. The van der Waals surface area contributed by atoms with Crippen molar-refractivity contribution in [3.8, 4) is 0 Å². The smallest absolute Gasteiger partial charge is 0.317 e. The number of carbonyl (C=O) groups is 6. The number of rotatable bonds is 23. The van der Waals surface area contributed by atoms with E-state index in [-0.39, 0.29) is 39.1 Å². The number of hydrogen-bond donors (Lipinski definition) is 7. The lowest BCUT2D eigenvalue weighted by atomic mass is 10.0. The van der Waals surface area contributed by atoms with Crippen molar-refractivity contribution in [2.24, 2.45) is 0 Å². The van der Waals surface area contributed by atoms with E-state index in [1.807, 2.05) is 0 Å². The largest absolute Gasteiger partial charge is 0.480 e. The first-order valence-electron chi connectivity index (χ1n) is 12.7. The van der Waals surface area contributed by atoms with Crippen LogP contribution in [0.2, 0.25) is 0 Å². The predicted octanol–water partition coefficient (Wildman–Crippen LogP) is -2.10. The molecule has 0 heterocycles. The number of aliphatic carboxylic acids is 6. The molecular formula is C25H37N5O12. The lowest BCUT2D eigenvalue weighted by molar-refractivity contribution is -0.144. The summed E-state index contributed by atoms with van der Waals surface area (Å²) in [5, 5.41) is 55.7. The Labute approximate surface area is 240 Å². The van der Waals surface area contributed by atoms with Crippen LogP contribution in [0.25, 0.3) is 0 Å². The fraction of sp³-hybridized carbons (Fsp3) is 0.520. The summed E-state index contributed by atoms with van der Waals surface area (Å²) in [7, 11) is 0. The summed E-state index contributed by atoms with van der Waals surface area (Å²) < 4.78 is 0. The molecule has 0 fully saturated rings. The van der Waals surface area contributed by atoms with Crippen LogP contribution in [0.3, 0.4) is 0 Å². The molecule has 0 bridgehead atoms. The Morgan fingerprint density at radius 1 is 0.548 bits per heavy atom. The van der Waals surface area contributed by atoms with Crippen LogP contribution in [0.1, 0.15) is 5.56 Å². The number of anilines is 1. The van der Waals surface area contributed by atoms with Crippen LogP contribution in [0.4, 0.5) is 5.69 Å². The van der Waals surface area contributed by atoms with Crippen molar-refractivity contribution in [2.45, 2.75) is 12.5 Å². The highest BCUT2D eigenvalue weighted by Gasteiger charge is 2.27. The van der Waals surface area contributed by atoms with Crippen LogP contribution in [-0.4, -0.2) is 164 Å². The monoisotopic (exact) mass is 599 g/mol. The van der Waals surface area contributed by atoms with Crippen molar-refractivity contribution in [3.05, 3.63) is 29.8 Å². The predicted molar refractivity (Wildman–Crippen MR) is 145 cm³/mol. The maximum atomic E-state index is 11.8. The van der Waals surface area contributed by atoms with Gasteiger partial charge in [-0.3, -0.25) is 48.4 Å². The molecule has 1 aromatic rings. The molecule has 0 saturated carbocycles. The molecule has 0 amide bonds. The first-order valence-corrected chi connectivity index (χ1v) is 12.7. The van der Waals surface area contributed by atoms with Gasteiger partial charge < -0.3 is 36.4 Å². The Bertz CT molecular complexity index is 1050. The van der Waals surface area contributed by atoms with E-state index >= 15 is 0 Å². The van der Waals surface area contributed by atoms with E-state index in [0.29, 0.717) is 11.3 Å². The molecule has 0 spiro atoms. The zero-order valence-electron chi connectivity index (χ0n) is 22.9. The summed E-state index contributed by atoms with van der Waals surface area (Å²) >= 11 is 0. The second-order valence-electron chi connectivity index (χ2n) is 9.59. The van der Waals surface area contributed by atoms with E-state index in [2.05, 4.69) is 0 Å². The van der Waals surface area contributed by atoms with E-state index < -0.39 is 81.1 Å². The maximum Gasteiger partial charge on any atom is 0.317 e. The lowest BCUT2D eigenvalue weighted by Crippen LogP contribution is -2.52. The Balaban J connectivity index is 3.32. The molecule has 0 aliphatic carbocycles. The van der Waals surface area contributed by atoms with E-state index in [9.17, 15) is 39.0 Å². The van der Waals surface area contributed by atoms with Gasteiger partial charge in [0.15, 0.2) is 0 Å². The molecule has 1 rings (SSSR count). The molecule has 0 saturated heterocycles. The summed E-state index contributed by atoms with van der Waals surface area (Å²) in [6, 6.07) is 5.95. The van der Waals surface area contributed by atoms with Gasteiger partial charge in [0.25, 0.3) is 0 Å². The second kappa shape index (κ2) is 18.2. The Morgan fingerprint density at radius 3 is 1.31 bits per heavy atom. The van der Waals surface area contributed by atoms with Gasteiger partial charge in [-0.1, -0.05) is 12.1 Å². The van der Waals surface area contributed by atoms with Crippen LogP contribution in [0, 0.1) is 0 Å². The van der Waals surface area contributed by atoms with Crippen molar-refractivity contribution in [1.29, 1.82) is 0 Å². The summed E-state index contributed by atoms with van der Waals surface area (Å²) in [6.45, 7) is -3.96. The SMILES string of the molecule is Nc1ccc(C[C@@H](CN(CCN(CC(=O)O)CC(=O)O)CC(=O)O)N(CCN(CC(=O)O)CC(=O)O)CC(=O)O)cc1. The maximum absolute atomic E-state index is 11.8. The van der Waals surface area contributed by atoms with E-state index in [0.717, 1.165) is 9.80 Å². The number of nitrogen functional groups attached to an aromatic ring is 1. The minimum atomic E-state index is -1.28. The Kier molecular flexibility index (Phi) is 15.5. The Hall–Kier alpha value is -4.32. The summed E-state index contributed by atoms with van der Waals surface area (Å²) in [6.07, 6.45) is 0.190. The molecule has 0 aromatic heterocycles. The van der Waals surface area contributed by atoms with Crippen LogP contribution in [0.15, 0.2) is 24.3 Å². The number of carboxylic acids is 6. The van der Waals surface area contributed by atoms with Crippen LogP contribution in [-0.2, 0) is 35.2 Å². The molecule has 17 nitrogen and oxygen atoms in total. The van der Waals surface area contributed by atoms with Crippen LogP contribution in [0.5, 0.6) is 0 Å². The minimum Gasteiger partial charge on any atom is -0.480 e. The highest BCUT2D eigenvalue weighted by atomic mass is 16.4. The zero-order valence-corrected chi connectivity index (χ0v) is 22.9. The summed E-state index contributed by atoms with van der Waals surface area (Å²) in [5.74, 6) is -7.58. The third-order valence-corrected chi connectivity index (χ3v) is 6.00. The van der Waals surface area contributed by atoms with Gasteiger partial charge in [-0.15, -0.1) is 0 Å². The second-order valence-corrected chi connectivity index (χ2v) is 9.59. The van der Waals surface area contributed by atoms with Gasteiger partial charge in [-0.2, -0.15) is 0 Å². The quantitative estimate of drug-likeness (QED) is 0.0664. The van der Waals surface area contributed by atoms with Gasteiger partial charge in [-0.05, 0) is 24.1 Å². The molecule has 17 heteroatoms. The van der Waals surface area contributed by atoms with Crippen molar-refractivity contribution in [2.75, 3.05) is 77.7 Å². The first kappa shape index (κ1) is 35.7. The normalized spacial score (nSPS) is 12.1. The van der Waals surface area contributed by atoms with Crippen molar-refractivity contribution in [3.63, 3.8) is 0 Å². The van der Waals surface area contributed by atoms with Gasteiger partial charge in [0, 0.05) is 44.5 Å². The van der Waals surface area contributed by atoms with Gasteiger partial charge >= 0.3 is 35.8 Å². The van der Waals surface area contributed by atoms with Crippen LogP contribution >= 0.6 is 0 Å². The summed E-state index contributed by atoms with van der Waals surface area (Å²) in [5.41, 5.74) is 6.95. The first-order chi connectivity index (χ1) is 19.6. The fourth-order valence-electron chi connectivity index (χ4n) is 4.27. The zero-order chi connectivity index (χ0) is 31.8. The molecule has 1 atom stereocenters. The standard InChI is InChI=1S/C25H37N5O12/c26-18-3-1-17(2-4-18)9-19(30(16-25(41)42)8-7-29(14-23(37)38)15-24(39)40)10-27(11-20(31)32)5-6-28(12-21(33)34)13-22(35)36/h1-4,19H,5-16,26H2,(H,31,32)(H,33,34)(H,35,36)(H,37,38)(H,39,40)(H,41,42)/t19-/m0/s1. The van der Waals surface area contributed by atoms with Crippen molar-refractivity contribution < 1.29 is 59.4 Å². The van der Waals surface area contributed by atoms with Crippen molar-refractivity contribution in [1.82, 2.24) is 19.6 Å². The highest BCUT2D eigenvalue weighted by Crippen LogP contribution is 2.14. The average Bonchev–Trinajstić information content (AvgIpc) is 2.83. The Morgan fingerprint density at radius 2 is 0.905 bits per heavy atom. The van der Waals surface area contributed by atoms with E-state index in [1.165, 1.54) is 9.80 Å². The molecule has 1 aromatic carbocycles. The van der Waals surface area contributed by atoms with Gasteiger partial charge in [-0.25, -0.2) is 0 Å². The third-order valence-electron chi connectivity index (χ3n) is 6.00. The van der Waals surface area contributed by atoms with Gasteiger partial charge in [0.05, 0.1) is 39.3 Å². The highest BCUT2D eigenvalue weighted by molar-refractivity contribution is 5.73. The number of carboxylic acid groups (broad SMARTS) is 6. The summed E-state index contributed by atoms with van der Waals surface area (Å²) in [4.78, 5) is 73.4. The van der Waals surface area contributed by atoms with Gasteiger partial charge in [0.2, 0.25) is 0 Å². The molecule has 234 valence electrons. The number of hydrogen-bond acceptors (Lipinski definition) is 11. The molecule has 0 aliphatic heterocycles. The molecule has 0 unspecified atom stereocenters. The molecule has 0 aliphatic rings. The fourth-order valence-corrected chi connectivity index (χ4v) is 4.27.